The van der Waals surface area contributed by atoms with E-state index >= 15 is 0 Å². The summed E-state index contributed by atoms with van der Waals surface area (Å²) in [4.78, 5) is 59.2. The fraction of sp³-hybridized carbons (Fsp3) is 0.500. The van der Waals surface area contributed by atoms with Gasteiger partial charge in [0.1, 0.15) is 11.7 Å². The lowest BCUT2D eigenvalue weighted by atomic mass is 9.71. The maximum Gasteiger partial charge on any atom is 0.270 e. The van der Waals surface area contributed by atoms with Crippen molar-refractivity contribution < 1.29 is 29.4 Å². The number of para-hydroxylation sites is 1. The number of β-amino-alcohol motifs (C(OH)–C–C–N with tert-alkyl or cyclic N) is 1. The molecule has 2 fully saturated rings. The second-order valence-corrected chi connectivity index (χ2v) is 14.9. The van der Waals surface area contributed by atoms with E-state index in [1.165, 1.54) is 0 Å². The summed E-state index contributed by atoms with van der Waals surface area (Å²) in [5, 5.41) is 31.7. The normalized spacial score (nSPS) is 22.8. The number of nitrogens with one attached hydrogen (secondary N) is 3. The van der Waals surface area contributed by atoms with Crippen molar-refractivity contribution in [3.8, 4) is 0 Å². The SMILES string of the molecule is CC(C)(C)NC(=O)[C@@H]1C[C@@H]2CC(O)CC[C@@H]2CN1C[C@@H](O)[C@H](Cc1ccccc1)NC(=O)[C@H](CC(N)=O)NC(=O)c1ccc2ccccc2n1. The fourth-order valence-corrected chi connectivity index (χ4v) is 7.26. The number of benzene rings is 2. The van der Waals surface area contributed by atoms with Gasteiger partial charge in [0.15, 0.2) is 0 Å². The van der Waals surface area contributed by atoms with Crippen LogP contribution in [0.3, 0.4) is 0 Å². The molecule has 4 amide bonds. The number of aliphatic hydroxyl groups excluding tert-OH is 2. The molecule has 2 aromatic carbocycles. The standard InChI is InChI=1S/C38H50N6O6/c1-38(2,3)43-37(50)32-19-26-18-27(45)15-13-25(26)21-44(32)22-33(46)30(17-23-9-5-4-6-10-23)41-36(49)31(20-34(39)47)42-35(48)29-16-14-24-11-7-8-12-28(24)40-29/h4-12,14,16,25-27,30-33,45-46H,13,15,17-22H2,1-3H3,(H2,39,47)(H,41,49)(H,42,48)(H,43,50)/t25-,26+,27?,30+,31+,32+,33-/m1/s1. The van der Waals surface area contributed by atoms with Crippen molar-refractivity contribution in [2.45, 2.75) is 95.2 Å². The van der Waals surface area contributed by atoms with Gasteiger partial charge in [0, 0.05) is 24.0 Å². The van der Waals surface area contributed by atoms with Crippen LogP contribution in [0.5, 0.6) is 0 Å². The lowest BCUT2D eigenvalue weighted by Crippen LogP contribution is -2.61. The number of primary amides is 1. The zero-order valence-corrected chi connectivity index (χ0v) is 29.0. The van der Waals surface area contributed by atoms with Crippen molar-refractivity contribution in [2.24, 2.45) is 17.6 Å². The predicted octanol–water partition coefficient (Wildman–Crippen LogP) is 2.06. The molecule has 2 heterocycles. The third-order valence-corrected chi connectivity index (χ3v) is 9.72. The van der Waals surface area contributed by atoms with Crippen LogP contribution in [-0.4, -0.2) is 92.7 Å². The van der Waals surface area contributed by atoms with Crippen LogP contribution < -0.4 is 21.7 Å². The highest BCUT2D eigenvalue weighted by molar-refractivity contribution is 5.99. The molecule has 5 rings (SSSR count). The van der Waals surface area contributed by atoms with Crippen LogP contribution in [-0.2, 0) is 20.8 Å². The number of nitrogens with two attached hydrogens (primary N) is 1. The molecule has 2 aliphatic rings. The summed E-state index contributed by atoms with van der Waals surface area (Å²) in [6, 6.07) is 17.3. The molecule has 50 heavy (non-hydrogen) atoms. The number of aliphatic hydroxyl groups is 2. The molecule has 3 aromatic rings. The number of carbonyl (C=O) groups excluding carboxylic acids is 4. The molecule has 7 N–H and O–H groups in total. The van der Waals surface area contributed by atoms with Gasteiger partial charge < -0.3 is 31.9 Å². The third kappa shape index (κ3) is 9.86. The van der Waals surface area contributed by atoms with Crippen LogP contribution in [0, 0.1) is 11.8 Å². The Hall–Kier alpha value is -4.39. The van der Waals surface area contributed by atoms with E-state index in [0.29, 0.717) is 31.3 Å². The number of piperidine rings is 1. The molecule has 268 valence electrons. The molecule has 12 nitrogen and oxygen atoms in total. The Bertz CT molecular complexity index is 1660. The predicted molar refractivity (Wildman–Crippen MR) is 190 cm³/mol. The summed E-state index contributed by atoms with van der Waals surface area (Å²) in [6.45, 7) is 6.43. The lowest BCUT2D eigenvalue weighted by molar-refractivity contribution is -0.134. The molecular weight excluding hydrogens is 636 g/mol. The van der Waals surface area contributed by atoms with Gasteiger partial charge in [0.25, 0.3) is 5.91 Å². The Morgan fingerprint density at radius 3 is 2.38 bits per heavy atom. The minimum atomic E-state index is -1.33. The molecule has 0 bridgehead atoms. The van der Waals surface area contributed by atoms with Crippen molar-refractivity contribution in [3.05, 3.63) is 78.0 Å². The molecule has 1 unspecified atom stereocenters. The Balaban J connectivity index is 1.36. The second-order valence-electron chi connectivity index (χ2n) is 14.9. The number of pyridine rings is 1. The highest BCUT2D eigenvalue weighted by Crippen LogP contribution is 2.39. The summed E-state index contributed by atoms with van der Waals surface area (Å²) in [5.74, 6) is -1.79. The van der Waals surface area contributed by atoms with Gasteiger partial charge in [-0.15, -0.1) is 0 Å². The van der Waals surface area contributed by atoms with Crippen LogP contribution in [0.4, 0.5) is 0 Å². The molecular formula is C38H50N6O6. The first-order chi connectivity index (χ1) is 23.8. The minimum absolute atomic E-state index is 0.0741. The van der Waals surface area contributed by atoms with Crippen molar-refractivity contribution in [3.63, 3.8) is 0 Å². The number of aromatic nitrogens is 1. The number of rotatable bonds is 12. The van der Waals surface area contributed by atoms with Gasteiger partial charge in [-0.05, 0) is 82.4 Å². The van der Waals surface area contributed by atoms with Crippen molar-refractivity contribution in [1.29, 1.82) is 0 Å². The zero-order valence-electron chi connectivity index (χ0n) is 29.0. The number of fused-ring (bicyclic) bond motifs is 2. The van der Waals surface area contributed by atoms with Crippen molar-refractivity contribution >= 4 is 34.5 Å². The third-order valence-electron chi connectivity index (χ3n) is 9.72. The Kier molecular flexibility index (Phi) is 11.9. The average Bonchev–Trinajstić information content (AvgIpc) is 3.06. The van der Waals surface area contributed by atoms with Crippen molar-refractivity contribution in [2.75, 3.05) is 13.1 Å². The molecule has 1 saturated carbocycles. The first-order valence-electron chi connectivity index (χ1n) is 17.5. The Morgan fingerprint density at radius 1 is 0.940 bits per heavy atom. The first kappa shape index (κ1) is 36.9. The maximum absolute atomic E-state index is 13.8. The lowest BCUT2D eigenvalue weighted by Gasteiger charge is -2.47. The molecule has 1 saturated heterocycles. The molecule has 1 aliphatic heterocycles. The van der Waals surface area contributed by atoms with Crippen molar-refractivity contribution in [1.82, 2.24) is 25.8 Å². The van der Waals surface area contributed by atoms with Crippen LogP contribution in [0.15, 0.2) is 66.7 Å². The van der Waals surface area contributed by atoms with Gasteiger partial charge >= 0.3 is 0 Å². The summed E-state index contributed by atoms with van der Waals surface area (Å²) in [7, 11) is 0. The summed E-state index contributed by atoms with van der Waals surface area (Å²) in [6.07, 6.45) is 1.02. The number of nitrogens with zero attached hydrogens (tertiary/aromatic N) is 2. The quantitative estimate of drug-likeness (QED) is 0.167. The maximum atomic E-state index is 13.8. The Morgan fingerprint density at radius 2 is 1.66 bits per heavy atom. The van der Waals surface area contributed by atoms with E-state index in [1.54, 1.807) is 24.3 Å². The minimum Gasteiger partial charge on any atom is -0.393 e. The molecule has 12 heteroatoms. The molecule has 1 aromatic heterocycles. The number of carbonyl (C=O) groups is 4. The topological polar surface area (TPSA) is 187 Å². The highest BCUT2D eigenvalue weighted by atomic mass is 16.3. The van der Waals surface area contributed by atoms with E-state index in [1.807, 2.05) is 68.1 Å². The molecule has 1 aliphatic carbocycles. The van der Waals surface area contributed by atoms with E-state index < -0.39 is 53.9 Å². The summed E-state index contributed by atoms with van der Waals surface area (Å²) in [5.41, 5.74) is 6.58. The van der Waals surface area contributed by atoms with E-state index in [-0.39, 0.29) is 42.5 Å². The largest absolute Gasteiger partial charge is 0.393 e. The van der Waals surface area contributed by atoms with Gasteiger partial charge in [-0.1, -0.05) is 54.6 Å². The molecule has 0 radical (unpaired) electrons. The van der Waals surface area contributed by atoms with Gasteiger partial charge in [0.2, 0.25) is 17.7 Å². The summed E-state index contributed by atoms with van der Waals surface area (Å²) < 4.78 is 0. The van der Waals surface area contributed by atoms with Gasteiger partial charge in [-0.2, -0.15) is 0 Å². The highest BCUT2D eigenvalue weighted by Gasteiger charge is 2.43. The number of likely N-dealkylation sites (tertiary alicyclic amines) is 1. The van der Waals surface area contributed by atoms with E-state index in [4.69, 9.17) is 5.73 Å². The molecule has 7 atom stereocenters. The van der Waals surface area contributed by atoms with E-state index in [9.17, 15) is 29.4 Å². The Labute approximate surface area is 293 Å². The zero-order chi connectivity index (χ0) is 36.0. The van der Waals surface area contributed by atoms with Crippen LogP contribution in [0.1, 0.15) is 68.9 Å². The fourth-order valence-electron chi connectivity index (χ4n) is 7.26. The smallest absolute Gasteiger partial charge is 0.270 e. The molecule has 0 spiro atoms. The van der Waals surface area contributed by atoms with Gasteiger partial charge in [0.05, 0.1) is 36.2 Å². The van der Waals surface area contributed by atoms with E-state index in [0.717, 1.165) is 17.4 Å². The number of hydrogen-bond acceptors (Lipinski definition) is 8. The second kappa shape index (κ2) is 16.1. The van der Waals surface area contributed by atoms with Crippen LogP contribution >= 0.6 is 0 Å². The number of hydrogen-bond donors (Lipinski definition) is 6. The van der Waals surface area contributed by atoms with Crippen LogP contribution in [0.2, 0.25) is 0 Å². The first-order valence-corrected chi connectivity index (χ1v) is 17.5. The van der Waals surface area contributed by atoms with E-state index in [2.05, 4.69) is 20.9 Å². The van der Waals surface area contributed by atoms with Crippen LogP contribution in [0.25, 0.3) is 10.9 Å². The summed E-state index contributed by atoms with van der Waals surface area (Å²) >= 11 is 0. The van der Waals surface area contributed by atoms with Gasteiger partial charge in [-0.25, -0.2) is 4.98 Å². The number of amides is 4. The monoisotopic (exact) mass is 686 g/mol. The van der Waals surface area contributed by atoms with Gasteiger partial charge in [-0.3, -0.25) is 24.1 Å². The average molecular weight is 687 g/mol.